The topological polar surface area (TPSA) is 96.5 Å². The molecule has 0 aliphatic rings. The molecule has 0 fully saturated rings. The summed E-state index contributed by atoms with van der Waals surface area (Å²) in [6, 6.07) is 8.02. The summed E-state index contributed by atoms with van der Waals surface area (Å²) in [4.78, 5) is 11.7. The Kier molecular flexibility index (Phi) is 5.49. The number of amides is 1. The average Bonchev–Trinajstić information content (AvgIpc) is 2.96. The lowest BCUT2D eigenvalue weighted by Crippen LogP contribution is -2.26. The fourth-order valence-electron chi connectivity index (χ4n) is 1.81. The summed E-state index contributed by atoms with van der Waals surface area (Å²) < 4.78 is 1.63. The summed E-state index contributed by atoms with van der Waals surface area (Å²) in [5.41, 5.74) is 3.07. The Morgan fingerprint density at radius 1 is 1.45 bits per heavy atom. The third kappa shape index (κ3) is 4.05. The van der Waals surface area contributed by atoms with Gasteiger partial charge in [0.2, 0.25) is 11.1 Å². The molecule has 2 aromatic rings. The molecule has 2 rings (SSSR count). The molecule has 22 heavy (non-hydrogen) atoms. The molecular formula is C14H16N6OS. The minimum atomic E-state index is -0.143. The Bertz CT molecular complexity index is 706. The molecular weight excluding hydrogens is 300 g/mol. The molecule has 8 heteroatoms. The van der Waals surface area contributed by atoms with Crippen LogP contribution in [0, 0.1) is 25.2 Å². The lowest BCUT2D eigenvalue weighted by Gasteiger charge is -2.08. The monoisotopic (exact) mass is 316 g/mol. The second-order valence-corrected chi connectivity index (χ2v) is 5.65. The van der Waals surface area contributed by atoms with Crippen LogP contribution in [-0.4, -0.2) is 38.4 Å². The van der Waals surface area contributed by atoms with Gasteiger partial charge in [0.05, 0.1) is 23.9 Å². The standard InChI is InChI=1S/C14H16N6OS/c1-10-4-5-11(2)12(8-10)20-14(17-18-19-20)22-9-13(21)16-7-3-6-15/h4-5,8H,3,7,9H2,1-2H3,(H,16,21). The molecule has 1 N–H and O–H groups in total. The molecule has 7 nitrogen and oxygen atoms in total. The van der Waals surface area contributed by atoms with E-state index in [9.17, 15) is 4.79 Å². The summed E-state index contributed by atoms with van der Waals surface area (Å²) in [7, 11) is 0. The molecule has 0 aliphatic heterocycles. The summed E-state index contributed by atoms with van der Waals surface area (Å²) in [6.07, 6.45) is 0.302. The normalized spacial score (nSPS) is 10.2. The lowest BCUT2D eigenvalue weighted by molar-refractivity contribution is -0.118. The Labute approximate surface area is 132 Å². The summed E-state index contributed by atoms with van der Waals surface area (Å²) in [6.45, 7) is 4.35. The van der Waals surface area contributed by atoms with Crippen molar-refractivity contribution >= 4 is 17.7 Å². The molecule has 0 spiro atoms. The summed E-state index contributed by atoms with van der Waals surface area (Å²) >= 11 is 1.26. The first kappa shape index (κ1) is 16.0. The van der Waals surface area contributed by atoms with E-state index in [4.69, 9.17) is 5.26 Å². The summed E-state index contributed by atoms with van der Waals surface area (Å²) in [5, 5.41) is 23.3. The number of aryl methyl sites for hydroxylation is 2. The lowest BCUT2D eigenvalue weighted by atomic mass is 10.1. The SMILES string of the molecule is Cc1ccc(C)c(-n2nnnc2SCC(=O)NCCC#N)c1. The van der Waals surface area contributed by atoms with Gasteiger partial charge in [-0.3, -0.25) is 4.79 Å². The van der Waals surface area contributed by atoms with Gasteiger partial charge in [-0.25, -0.2) is 0 Å². The van der Waals surface area contributed by atoms with Crippen molar-refractivity contribution in [2.45, 2.75) is 25.4 Å². The molecule has 0 saturated carbocycles. The van der Waals surface area contributed by atoms with Gasteiger partial charge in [0.1, 0.15) is 0 Å². The van der Waals surface area contributed by atoms with Crippen LogP contribution in [0.4, 0.5) is 0 Å². The predicted octanol–water partition coefficient (Wildman–Crippen LogP) is 1.40. The van der Waals surface area contributed by atoms with Crippen molar-refractivity contribution in [3.8, 4) is 11.8 Å². The van der Waals surface area contributed by atoms with Crippen LogP contribution in [0.15, 0.2) is 23.4 Å². The van der Waals surface area contributed by atoms with Gasteiger partial charge < -0.3 is 5.32 Å². The highest BCUT2D eigenvalue weighted by Gasteiger charge is 2.13. The van der Waals surface area contributed by atoms with Crippen LogP contribution < -0.4 is 5.32 Å². The average molecular weight is 316 g/mol. The number of hydrogen-bond donors (Lipinski definition) is 1. The van der Waals surface area contributed by atoms with Crippen LogP contribution in [0.1, 0.15) is 17.5 Å². The molecule has 0 aliphatic carbocycles. The van der Waals surface area contributed by atoms with Gasteiger partial charge in [0, 0.05) is 6.54 Å². The highest BCUT2D eigenvalue weighted by atomic mass is 32.2. The number of benzene rings is 1. The van der Waals surface area contributed by atoms with Crippen molar-refractivity contribution in [1.29, 1.82) is 5.26 Å². The van der Waals surface area contributed by atoms with Crippen LogP contribution in [0.3, 0.4) is 0 Å². The van der Waals surface area contributed by atoms with Crippen LogP contribution in [-0.2, 0) is 4.79 Å². The van der Waals surface area contributed by atoms with E-state index in [-0.39, 0.29) is 11.7 Å². The minimum Gasteiger partial charge on any atom is -0.354 e. The number of nitrogens with one attached hydrogen (secondary N) is 1. The van der Waals surface area contributed by atoms with Crippen molar-refractivity contribution in [1.82, 2.24) is 25.5 Å². The van der Waals surface area contributed by atoms with Crippen molar-refractivity contribution in [2.75, 3.05) is 12.3 Å². The number of carbonyl (C=O) groups is 1. The van der Waals surface area contributed by atoms with E-state index in [1.807, 2.05) is 38.1 Å². The first-order chi connectivity index (χ1) is 10.6. The zero-order chi connectivity index (χ0) is 15.9. The van der Waals surface area contributed by atoms with Crippen molar-refractivity contribution < 1.29 is 4.79 Å². The first-order valence-electron chi connectivity index (χ1n) is 6.74. The number of aromatic nitrogens is 4. The molecule has 0 atom stereocenters. The first-order valence-corrected chi connectivity index (χ1v) is 7.73. The fourth-order valence-corrected chi connectivity index (χ4v) is 2.52. The number of thioether (sulfide) groups is 1. The van der Waals surface area contributed by atoms with Gasteiger partial charge in [-0.05, 0) is 41.5 Å². The Morgan fingerprint density at radius 2 is 2.27 bits per heavy atom. The third-order valence-electron chi connectivity index (χ3n) is 2.93. The number of carbonyl (C=O) groups excluding carboxylic acids is 1. The maximum atomic E-state index is 11.7. The molecule has 114 valence electrons. The van der Waals surface area contributed by atoms with Crippen LogP contribution in [0.25, 0.3) is 5.69 Å². The van der Waals surface area contributed by atoms with Gasteiger partial charge in [0.25, 0.3) is 0 Å². The zero-order valence-corrected chi connectivity index (χ0v) is 13.2. The second kappa shape index (κ2) is 7.56. The van der Waals surface area contributed by atoms with Gasteiger partial charge in [-0.15, -0.1) is 5.10 Å². The van der Waals surface area contributed by atoms with E-state index in [0.717, 1.165) is 16.8 Å². The Hall–Kier alpha value is -2.40. The zero-order valence-electron chi connectivity index (χ0n) is 12.4. The molecule has 1 heterocycles. The highest BCUT2D eigenvalue weighted by Crippen LogP contribution is 2.21. The summed E-state index contributed by atoms with van der Waals surface area (Å²) in [5.74, 6) is 0.0622. The predicted molar refractivity (Wildman–Crippen MR) is 82.6 cm³/mol. The smallest absolute Gasteiger partial charge is 0.230 e. The quantitative estimate of drug-likeness (QED) is 0.639. The number of nitriles is 1. The third-order valence-corrected chi connectivity index (χ3v) is 3.84. The van der Waals surface area contributed by atoms with Crippen LogP contribution >= 0.6 is 11.8 Å². The van der Waals surface area contributed by atoms with E-state index < -0.39 is 0 Å². The molecule has 0 unspecified atom stereocenters. The number of nitrogens with zero attached hydrogens (tertiary/aromatic N) is 5. The van der Waals surface area contributed by atoms with E-state index in [2.05, 4.69) is 20.8 Å². The molecule has 0 saturated heterocycles. The van der Waals surface area contributed by atoms with Crippen molar-refractivity contribution in [3.05, 3.63) is 29.3 Å². The largest absolute Gasteiger partial charge is 0.354 e. The van der Waals surface area contributed by atoms with Crippen LogP contribution in [0.2, 0.25) is 0 Å². The van der Waals surface area contributed by atoms with Gasteiger partial charge in [-0.1, -0.05) is 23.9 Å². The number of tetrazole rings is 1. The van der Waals surface area contributed by atoms with Gasteiger partial charge in [0.15, 0.2) is 0 Å². The number of hydrogen-bond acceptors (Lipinski definition) is 6. The Morgan fingerprint density at radius 3 is 3.05 bits per heavy atom. The number of rotatable bonds is 6. The van der Waals surface area contributed by atoms with Gasteiger partial charge in [-0.2, -0.15) is 9.94 Å². The maximum Gasteiger partial charge on any atom is 0.230 e. The van der Waals surface area contributed by atoms with E-state index >= 15 is 0 Å². The molecule has 0 bridgehead atoms. The molecule has 1 aromatic heterocycles. The molecule has 0 radical (unpaired) electrons. The molecule has 1 amide bonds. The van der Waals surface area contributed by atoms with E-state index in [0.29, 0.717) is 18.1 Å². The Balaban J connectivity index is 2.06. The second-order valence-electron chi connectivity index (χ2n) is 4.71. The van der Waals surface area contributed by atoms with E-state index in [1.54, 1.807) is 4.68 Å². The van der Waals surface area contributed by atoms with Gasteiger partial charge >= 0.3 is 0 Å². The van der Waals surface area contributed by atoms with Crippen LogP contribution in [0.5, 0.6) is 0 Å². The van der Waals surface area contributed by atoms with Crippen molar-refractivity contribution in [2.24, 2.45) is 0 Å². The van der Waals surface area contributed by atoms with Crippen molar-refractivity contribution in [3.63, 3.8) is 0 Å². The van der Waals surface area contributed by atoms with E-state index in [1.165, 1.54) is 11.8 Å². The maximum absolute atomic E-state index is 11.7. The minimum absolute atomic E-state index is 0.143. The fraction of sp³-hybridized carbons (Fsp3) is 0.357. The highest BCUT2D eigenvalue weighted by molar-refractivity contribution is 7.99. The molecule has 1 aromatic carbocycles.